The van der Waals surface area contributed by atoms with Crippen molar-refractivity contribution in [1.82, 2.24) is 5.32 Å². The summed E-state index contributed by atoms with van der Waals surface area (Å²) >= 11 is 0. The molecule has 0 atom stereocenters. The number of hydrogen-bond donors (Lipinski definition) is 2. The summed E-state index contributed by atoms with van der Waals surface area (Å²) in [4.78, 5) is 11.8. The lowest BCUT2D eigenvalue weighted by molar-refractivity contribution is 0.0937. The van der Waals surface area contributed by atoms with Crippen molar-refractivity contribution in [2.45, 2.75) is 0 Å². The molecule has 4 heteroatoms. The molecule has 0 aliphatic heterocycles. The van der Waals surface area contributed by atoms with Gasteiger partial charge < -0.3 is 15.2 Å². The second kappa shape index (κ2) is 7.44. The van der Waals surface area contributed by atoms with E-state index in [-0.39, 0.29) is 12.5 Å². The molecule has 0 saturated carbocycles. The van der Waals surface area contributed by atoms with E-state index in [1.807, 2.05) is 0 Å². The molecule has 4 nitrogen and oxygen atoms in total. The highest BCUT2D eigenvalue weighted by atomic mass is 16.5. The summed E-state index contributed by atoms with van der Waals surface area (Å²) in [5.41, 5.74) is 1.11. The third-order valence-corrected chi connectivity index (χ3v) is 2.07. The number of benzene rings is 1. The average Bonchev–Trinajstić information content (AvgIpc) is 2.37. The van der Waals surface area contributed by atoms with Gasteiger partial charge in [0, 0.05) is 19.2 Å². The zero-order valence-electron chi connectivity index (χ0n) is 9.69. The van der Waals surface area contributed by atoms with Crippen LogP contribution in [0.1, 0.15) is 15.9 Å². The molecule has 0 radical (unpaired) electrons. The number of hydrogen-bond acceptors (Lipinski definition) is 3. The fourth-order valence-electron chi connectivity index (χ4n) is 1.29. The van der Waals surface area contributed by atoms with Crippen LogP contribution in [0.25, 0.3) is 0 Å². The van der Waals surface area contributed by atoms with E-state index in [4.69, 9.17) is 9.84 Å². The van der Waals surface area contributed by atoms with Crippen LogP contribution in [0, 0.1) is 11.8 Å². The number of rotatable bonds is 4. The van der Waals surface area contributed by atoms with E-state index in [2.05, 4.69) is 17.2 Å². The number of carbonyl (C=O) groups is 1. The number of aliphatic hydroxyl groups is 1. The maximum atomic E-state index is 11.8. The van der Waals surface area contributed by atoms with Crippen molar-refractivity contribution < 1.29 is 14.6 Å². The van der Waals surface area contributed by atoms with Gasteiger partial charge in [-0.2, -0.15) is 0 Å². The van der Waals surface area contributed by atoms with Gasteiger partial charge >= 0.3 is 0 Å². The van der Waals surface area contributed by atoms with Crippen LogP contribution in [0.3, 0.4) is 0 Å². The molecule has 0 bridgehead atoms. The summed E-state index contributed by atoms with van der Waals surface area (Å²) in [7, 11) is 1.58. The Bertz CT molecular complexity index is 432. The minimum absolute atomic E-state index is 0.190. The highest BCUT2D eigenvalue weighted by molar-refractivity contribution is 5.96. The first-order chi connectivity index (χ1) is 8.29. The first-order valence-corrected chi connectivity index (χ1v) is 5.25. The highest BCUT2D eigenvalue weighted by Crippen LogP contribution is 2.06. The fourth-order valence-corrected chi connectivity index (χ4v) is 1.29. The predicted octanol–water partition coefficient (Wildman–Crippen LogP) is 0.407. The van der Waals surface area contributed by atoms with Crippen LogP contribution in [0.2, 0.25) is 0 Å². The van der Waals surface area contributed by atoms with E-state index >= 15 is 0 Å². The number of carbonyl (C=O) groups excluding carboxylic acids is 1. The quantitative estimate of drug-likeness (QED) is 0.585. The Morgan fingerprint density at radius 3 is 2.94 bits per heavy atom. The Kier molecular flexibility index (Phi) is 5.80. The second-order valence-electron chi connectivity index (χ2n) is 3.25. The van der Waals surface area contributed by atoms with E-state index in [0.717, 1.165) is 0 Å². The van der Waals surface area contributed by atoms with E-state index in [1.165, 1.54) is 0 Å². The van der Waals surface area contributed by atoms with Crippen LogP contribution in [0.4, 0.5) is 0 Å². The molecule has 0 spiro atoms. The molecular formula is C13H15NO3. The molecule has 90 valence electrons. The largest absolute Gasteiger partial charge is 0.384 e. The topological polar surface area (TPSA) is 58.6 Å². The Morgan fingerprint density at radius 2 is 2.24 bits per heavy atom. The predicted molar refractivity (Wildman–Crippen MR) is 64.6 cm³/mol. The molecule has 0 unspecified atom stereocenters. The lowest BCUT2D eigenvalue weighted by Gasteiger charge is -2.06. The molecule has 17 heavy (non-hydrogen) atoms. The first-order valence-electron chi connectivity index (χ1n) is 5.25. The molecule has 0 aliphatic carbocycles. The third-order valence-electron chi connectivity index (χ3n) is 2.07. The summed E-state index contributed by atoms with van der Waals surface area (Å²) in [6, 6.07) is 7.01. The normalized spacial score (nSPS) is 9.29. The third kappa shape index (κ3) is 4.27. The van der Waals surface area contributed by atoms with Crippen molar-refractivity contribution in [3.63, 3.8) is 0 Å². The Hall–Kier alpha value is -1.83. The Morgan fingerprint density at radius 1 is 1.47 bits per heavy atom. The van der Waals surface area contributed by atoms with Gasteiger partial charge in [0.1, 0.15) is 6.61 Å². The van der Waals surface area contributed by atoms with Crippen molar-refractivity contribution in [2.24, 2.45) is 0 Å². The minimum Gasteiger partial charge on any atom is -0.384 e. The molecule has 0 aliphatic rings. The summed E-state index contributed by atoms with van der Waals surface area (Å²) < 4.78 is 4.85. The SMILES string of the molecule is COCCNC(=O)c1ccccc1C#CCO. The zero-order chi connectivity index (χ0) is 12.5. The van der Waals surface area contributed by atoms with Gasteiger partial charge in [-0.1, -0.05) is 24.0 Å². The van der Waals surface area contributed by atoms with E-state index in [1.54, 1.807) is 31.4 Å². The number of ether oxygens (including phenoxy) is 1. The maximum Gasteiger partial charge on any atom is 0.252 e. The summed E-state index contributed by atoms with van der Waals surface area (Å²) in [5.74, 6) is 5.08. The van der Waals surface area contributed by atoms with Crippen LogP contribution >= 0.6 is 0 Å². The average molecular weight is 233 g/mol. The van der Waals surface area contributed by atoms with Gasteiger partial charge in [-0.25, -0.2) is 0 Å². The van der Waals surface area contributed by atoms with E-state index in [9.17, 15) is 4.79 Å². The monoisotopic (exact) mass is 233 g/mol. The van der Waals surface area contributed by atoms with Crippen LogP contribution in [0.5, 0.6) is 0 Å². The van der Waals surface area contributed by atoms with Crippen LogP contribution in [-0.4, -0.2) is 37.9 Å². The molecule has 0 aromatic heterocycles. The lowest BCUT2D eigenvalue weighted by atomic mass is 10.1. The highest BCUT2D eigenvalue weighted by Gasteiger charge is 2.08. The summed E-state index contributed by atoms with van der Waals surface area (Å²) in [6.45, 7) is 0.701. The van der Waals surface area contributed by atoms with Crippen molar-refractivity contribution in [2.75, 3.05) is 26.9 Å². The Labute approximate surface area is 101 Å². The van der Waals surface area contributed by atoms with Gasteiger partial charge in [0.25, 0.3) is 5.91 Å². The Balaban J connectivity index is 2.78. The van der Waals surface area contributed by atoms with Gasteiger partial charge in [-0.05, 0) is 12.1 Å². The lowest BCUT2D eigenvalue weighted by Crippen LogP contribution is -2.27. The smallest absolute Gasteiger partial charge is 0.252 e. The molecule has 1 rings (SSSR count). The zero-order valence-corrected chi connectivity index (χ0v) is 9.69. The first kappa shape index (κ1) is 13.2. The number of aliphatic hydroxyl groups excluding tert-OH is 1. The summed E-state index contributed by atoms with van der Waals surface area (Å²) in [5, 5.41) is 11.4. The standard InChI is InChI=1S/C13H15NO3/c1-17-10-8-14-13(16)12-7-3-2-5-11(12)6-4-9-15/h2-3,5,7,15H,8-10H2,1H3,(H,14,16). The van der Waals surface area contributed by atoms with Gasteiger partial charge in [0.2, 0.25) is 0 Å². The number of methoxy groups -OCH3 is 1. The van der Waals surface area contributed by atoms with Crippen molar-refractivity contribution in [1.29, 1.82) is 0 Å². The van der Waals surface area contributed by atoms with Gasteiger partial charge in [-0.3, -0.25) is 4.79 Å². The molecule has 0 fully saturated rings. The minimum atomic E-state index is -0.223. The molecule has 1 aromatic rings. The van der Waals surface area contributed by atoms with Gasteiger partial charge in [0.15, 0.2) is 0 Å². The van der Waals surface area contributed by atoms with Crippen LogP contribution < -0.4 is 5.32 Å². The molecule has 0 saturated heterocycles. The van der Waals surface area contributed by atoms with Gasteiger partial charge in [0.05, 0.1) is 12.2 Å². The van der Waals surface area contributed by atoms with Gasteiger partial charge in [-0.15, -0.1) is 0 Å². The van der Waals surface area contributed by atoms with Crippen LogP contribution in [0.15, 0.2) is 24.3 Å². The number of nitrogens with one attached hydrogen (secondary N) is 1. The molecule has 2 N–H and O–H groups in total. The molecule has 1 aromatic carbocycles. The van der Waals surface area contributed by atoms with Crippen molar-refractivity contribution in [3.8, 4) is 11.8 Å². The van der Waals surface area contributed by atoms with Crippen LogP contribution in [-0.2, 0) is 4.74 Å². The summed E-state index contributed by atoms with van der Waals surface area (Å²) in [6.07, 6.45) is 0. The van der Waals surface area contributed by atoms with E-state index < -0.39 is 0 Å². The molecule has 1 amide bonds. The number of amides is 1. The van der Waals surface area contributed by atoms with Crippen molar-refractivity contribution in [3.05, 3.63) is 35.4 Å². The van der Waals surface area contributed by atoms with Crippen molar-refractivity contribution >= 4 is 5.91 Å². The maximum absolute atomic E-state index is 11.8. The molecule has 0 heterocycles. The molecular weight excluding hydrogens is 218 g/mol. The second-order valence-corrected chi connectivity index (χ2v) is 3.25. The fraction of sp³-hybridized carbons (Fsp3) is 0.308. The van der Waals surface area contributed by atoms with E-state index in [0.29, 0.717) is 24.3 Å².